The number of nitrogens with two attached hydrogens (primary N) is 2. The van der Waals surface area contributed by atoms with Crippen molar-refractivity contribution < 1.29 is 81.6 Å². The van der Waals surface area contributed by atoms with Gasteiger partial charge < -0.3 is 52.3 Å². The van der Waals surface area contributed by atoms with Gasteiger partial charge >= 0.3 is 11.9 Å². The van der Waals surface area contributed by atoms with E-state index in [1.165, 1.54) is 4.72 Å². The van der Waals surface area contributed by atoms with Crippen LogP contribution in [-0.4, -0.2) is 97.4 Å². The largest absolute Gasteiger partial charge is 0.478 e. The van der Waals surface area contributed by atoms with Crippen LogP contribution in [0.4, 0.5) is 18.9 Å². The van der Waals surface area contributed by atoms with Crippen LogP contribution in [0.15, 0.2) is 23.1 Å². The summed E-state index contributed by atoms with van der Waals surface area (Å²) in [5, 5.41) is 81.1. The van der Waals surface area contributed by atoms with Crippen molar-refractivity contribution in [1.29, 1.82) is 0 Å². The monoisotopic (exact) mass is 641 g/mol. The Labute approximate surface area is 237 Å². The number of carbonyl (C=O) groups excluding carboxylic acids is 2. The molecule has 17 nitrogen and oxygen atoms in total. The molecule has 13 N–H and O–H groups in total. The molecule has 43 heavy (non-hydrogen) atoms. The first-order valence-corrected chi connectivity index (χ1v) is 12.7. The number of carboxylic acid groups (broad SMARTS) is 2. The van der Waals surface area contributed by atoms with Gasteiger partial charge in [-0.3, -0.25) is 14.3 Å². The quantitative estimate of drug-likeness (QED) is 0.103. The van der Waals surface area contributed by atoms with Gasteiger partial charge in [-0.25, -0.2) is 31.2 Å². The first-order chi connectivity index (χ1) is 19.6. The van der Waals surface area contributed by atoms with Crippen molar-refractivity contribution in [2.45, 2.75) is 41.5 Å². The number of amides is 2. The zero-order valence-corrected chi connectivity index (χ0v) is 21.7. The van der Waals surface area contributed by atoms with E-state index in [0.29, 0.717) is 0 Å². The minimum atomic E-state index is -5.75. The Bertz CT molecular complexity index is 1570. The van der Waals surface area contributed by atoms with Crippen LogP contribution >= 0.6 is 0 Å². The lowest BCUT2D eigenvalue weighted by molar-refractivity contribution is -0.138. The zero-order valence-electron chi connectivity index (χ0n) is 20.9. The zero-order chi connectivity index (χ0) is 33.3. The van der Waals surface area contributed by atoms with Crippen molar-refractivity contribution in [2.24, 2.45) is 11.5 Å². The summed E-state index contributed by atoms with van der Waals surface area (Å²) < 4.78 is 69.7. The number of benzene rings is 2. The number of anilines is 1. The molecule has 6 unspecified atom stereocenters. The highest BCUT2D eigenvalue weighted by molar-refractivity contribution is 7.92. The van der Waals surface area contributed by atoms with Crippen molar-refractivity contribution in [3.05, 3.63) is 57.9 Å². The number of hydrogen-bond donors (Lipinski definition) is 11. The first kappa shape index (κ1) is 34.8. The highest BCUT2D eigenvalue weighted by Crippen LogP contribution is 2.39. The average Bonchev–Trinajstić information content (AvgIpc) is 2.90. The molecule has 0 aliphatic carbocycles. The number of carboxylic acids is 2. The number of aliphatic hydroxyl groups is 6. The predicted molar refractivity (Wildman–Crippen MR) is 130 cm³/mol. The van der Waals surface area contributed by atoms with Crippen LogP contribution in [0.25, 0.3) is 0 Å². The lowest BCUT2D eigenvalue weighted by Gasteiger charge is -2.29. The topological polar surface area (TPSA) is 328 Å². The van der Waals surface area contributed by atoms with E-state index in [9.17, 15) is 81.6 Å². The van der Waals surface area contributed by atoms with Gasteiger partial charge in [-0.2, -0.15) is 0 Å². The van der Waals surface area contributed by atoms with E-state index in [1.807, 2.05) is 0 Å². The summed E-state index contributed by atoms with van der Waals surface area (Å²) in [5.41, 5.74) is 1.44. The summed E-state index contributed by atoms with van der Waals surface area (Å²) in [6, 6.07) is -0.0555. The summed E-state index contributed by atoms with van der Waals surface area (Å²) in [5.74, 6) is -13.5. The molecule has 2 rings (SSSR count). The van der Waals surface area contributed by atoms with Crippen LogP contribution in [0.3, 0.4) is 0 Å². The van der Waals surface area contributed by atoms with Crippen LogP contribution in [0, 0.1) is 17.5 Å². The SMILES string of the molecule is NC(=O)C(O)C(O)C(O)c1c(C(=O)O)cc(S(=O)(=O)Nc2c(F)cc(F)cc2F)c(C(O)C(O)C(O)C(N)=O)c1C(=O)O. The Balaban J connectivity index is 3.13. The van der Waals surface area contributed by atoms with E-state index in [0.717, 1.165) is 0 Å². The Hall–Kier alpha value is -4.38. The van der Waals surface area contributed by atoms with Gasteiger partial charge in [-0.15, -0.1) is 0 Å². The lowest BCUT2D eigenvalue weighted by atomic mass is 9.85. The van der Waals surface area contributed by atoms with Crippen molar-refractivity contribution in [3.63, 3.8) is 0 Å². The molecule has 0 spiro atoms. The molecule has 0 aliphatic rings. The second-order valence-corrected chi connectivity index (χ2v) is 10.3. The van der Waals surface area contributed by atoms with Gasteiger partial charge in [0.05, 0.1) is 16.0 Å². The lowest BCUT2D eigenvalue weighted by Crippen LogP contribution is -2.44. The Kier molecular flexibility index (Phi) is 10.4. The van der Waals surface area contributed by atoms with E-state index in [1.54, 1.807) is 0 Å². The molecule has 0 fully saturated rings. The van der Waals surface area contributed by atoms with Gasteiger partial charge in [0.25, 0.3) is 10.0 Å². The van der Waals surface area contributed by atoms with Crippen LogP contribution in [0.5, 0.6) is 0 Å². The van der Waals surface area contributed by atoms with Gasteiger partial charge in [0.1, 0.15) is 35.9 Å². The molecule has 2 amide bonds. The summed E-state index contributed by atoms with van der Waals surface area (Å²) >= 11 is 0. The number of halogens is 3. The molecule has 2 aromatic rings. The van der Waals surface area contributed by atoms with Crippen LogP contribution in [-0.2, 0) is 19.6 Å². The number of rotatable bonds is 13. The molecule has 0 aliphatic heterocycles. The first-order valence-electron chi connectivity index (χ1n) is 11.2. The van der Waals surface area contributed by atoms with E-state index in [-0.39, 0.29) is 18.2 Å². The standard InChI is InChI=1S/C22H22F3N3O14S/c23-4-1-6(24)12(7(25)2-4)28-43(41,42)8-3-5(21(37)38)9(13(29)15(31)17(33)19(26)35)11(22(39)40)10(8)14(30)16(32)18(34)20(27)36/h1-3,13-18,28-34H,(H2,26,35)(H2,27,36)(H,37,38)(H,39,40). The smallest absolute Gasteiger partial charge is 0.336 e. The average molecular weight is 641 g/mol. The second kappa shape index (κ2) is 12.9. The maximum atomic E-state index is 14.3. The highest BCUT2D eigenvalue weighted by atomic mass is 32.2. The molecule has 0 aromatic heterocycles. The van der Waals surface area contributed by atoms with Crippen molar-refractivity contribution in [2.75, 3.05) is 4.72 Å². The summed E-state index contributed by atoms with van der Waals surface area (Å²) in [7, 11) is -5.75. The van der Waals surface area contributed by atoms with Gasteiger partial charge in [-0.1, -0.05) is 0 Å². The third kappa shape index (κ3) is 6.99. The fraction of sp³-hybridized carbons (Fsp3) is 0.273. The van der Waals surface area contributed by atoms with Gasteiger partial charge in [-0.05, 0) is 6.07 Å². The van der Waals surface area contributed by atoms with Crippen LogP contribution < -0.4 is 16.2 Å². The van der Waals surface area contributed by atoms with Gasteiger partial charge in [0.15, 0.2) is 23.8 Å². The van der Waals surface area contributed by atoms with Crippen LogP contribution in [0.1, 0.15) is 44.1 Å². The Morgan fingerprint density at radius 2 is 1.14 bits per heavy atom. The number of primary amides is 2. The van der Waals surface area contributed by atoms with E-state index in [4.69, 9.17) is 11.5 Å². The Morgan fingerprint density at radius 3 is 1.51 bits per heavy atom. The number of nitrogens with one attached hydrogen (secondary N) is 1. The third-order valence-corrected chi connectivity index (χ3v) is 7.20. The van der Waals surface area contributed by atoms with Crippen LogP contribution in [0.2, 0.25) is 0 Å². The maximum Gasteiger partial charge on any atom is 0.336 e. The van der Waals surface area contributed by atoms with E-state index >= 15 is 0 Å². The number of aromatic carboxylic acids is 2. The Morgan fingerprint density at radius 1 is 0.721 bits per heavy atom. The van der Waals surface area contributed by atoms with E-state index in [2.05, 4.69) is 0 Å². The molecule has 0 saturated heterocycles. The molecule has 21 heteroatoms. The summed E-state index contributed by atoms with van der Waals surface area (Å²) in [6.07, 6.45) is -17.3. The predicted octanol–water partition coefficient (Wildman–Crippen LogP) is -3.22. The summed E-state index contributed by atoms with van der Waals surface area (Å²) in [4.78, 5) is 45.4. The maximum absolute atomic E-state index is 14.3. The minimum Gasteiger partial charge on any atom is -0.478 e. The second-order valence-electron chi connectivity index (χ2n) is 8.65. The molecule has 0 radical (unpaired) electrons. The summed E-state index contributed by atoms with van der Waals surface area (Å²) in [6.45, 7) is 0. The fourth-order valence-electron chi connectivity index (χ4n) is 3.77. The molecular weight excluding hydrogens is 619 g/mol. The number of carbonyl (C=O) groups is 4. The molecule has 0 bridgehead atoms. The number of hydrogen-bond acceptors (Lipinski definition) is 12. The molecule has 0 saturated carbocycles. The van der Waals surface area contributed by atoms with Crippen molar-refractivity contribution in [1.82, 2.24) is 0 Å². The van der Waals surface area contributed by atoms with E-state index < -0.39 is 121 Å². The molecule has 0 heterocycles. The highest BCUT2D eigenvalue weighted by Gasteiger charge is 2.43. The van der Waals surface area contributed by atoms with Crippen molar-refractivity contribution in [3.8, 4) is 0 Å². The van der Waals surface area contributed by atoms with Crippen molar-refractivity contribution >= 4 is 39.5 Å². The van der Waals surface area contributed by atoms with Gasteiger partial charge in [0.2, 0.25) is 11.8 Å². The molecule has 2 aromatic carbocycles. The molecule has 236 valence electrons. The fourth-order valence-corrected chi connectivity index (χ4v) is 5.13. The molecular formula is C22H22F3N3O14S. The molecule has 6 atom stereocenters. The van der Waals surface area contributed by atoms with Gasteiger partial charge in [0, 0.05) is 23.3 Å². The third-order valence-electron chi connectivity index (χ3n) is 5.82. The normalized spacial score (nSPS) is 15.9. The number of aliphatic hydroxyl groups excluding tert-OH is 6. The minimum absolute atomic E-state index is 0.0000897. The number of sulfonamides is 1.